The number of hydrogen-bond donors (Lipinski definition) is 2. The zero-order valence-electron chi connectivity index (χ0n) is 9.37. The number of ether oxygens (including phenoxy) is 2. The van der Waals surface area contributed by atoms with Crippen LogP contribution in [-0.2, 0) is 6.54 Å². The monoisotopic (exact) mass is 222 g/mol. The van der Waals surface area contributed by atoms with E-state index in [1.807, 2.05) is 12.1 Å². The molecular weight excluding hydrogens is 204 g/mol. The van der Waals surface area contributed by atoms with Crippen LogP contribution in [0.4, 0.5) is 0 Å². The second-order valence-electron chi connectivity index (χ2n) is 3.76. The van der Waals surface area contributed by atoms with Gasteiger partial charge in [0.25, 0.3) is 0 Å². The van der Waals surface area contributed by atoms with Crippen molar-refractivity contribution in [2.75, 3.05) is 26.3 Å². The van der Waals surface area contributed by atoms with Gasteiger partial charge in [0, 0.05) is 12.1 Å². The Bertz CT molecular complexity index is 342. The highest BCUT2D eigenvalue weighted by atomic mass is 16.6. The molecule has 4 nitrogen and oxygen atoms in total. The van der Waals surface area contributed by atoms with Crippen molar-refractivity contribution in [2.45, 2.75) is 13.0 Å². The average molecular weight is 222 g/mol. The normalized spacial score (nSPS) is 13.8. The molecule has 4 heteroatoms. The molecule has 0 unspecified atom stereocenters. The van der Waals surface area contributed by atoms with Gasteiger partial charge >= 0.3 is 0 Å². The molecule has 0 bridgehead atoms. The molecule has 16 heavy (non-hydrogen) atoms. The molecule has 2 rings (SSSR count). The third-order valence-corrected chi connectivity index (χ3v) is 2.52. The fraction of sp³-hybridized carbons (Fsp3) is 0.500. The van der Waals surface area contributed by atoms with Gasteiger partial charge in [-0.15, -0.1) is 0 Å². The van der Waals surface area contributed by atoms with Gasteiger partial charge in [-0.2, -0.15) is 0 Å². The van der Waals surface area contributed by atoms with Gasteiger partial charge in [0.05, 0.1) is 0 Å². The predicted octanol–water partition coefficient (Wildman–Crippen LogP) is 0.896. The third-order valence-electron chi connectivity index (χ3n) is 2.52. The fourth-order valence-corrected chi connectivity index (χ4v) is 1.72. The Morgan fingerprint density at radius 2 is 2.12 bits per heavy atom. The van der Waals surface area contributed by atoms with Crippen LogP contribution < -0.4 is 20.5 Å². The maximum absolute atomic E-state index is 5.62. The van der Waals surface area contributed by atoms with Crippen LogP contribution in [-0.4, -0.2) is 26.3 Å². The summed E-state index contributed by atoms with van der Waals surface area (Å²) >= 11 is 0. The van der Waals surface area contributed by atoms with Crippen molar-refractivity contribution in [3.63, 3.8) is 0 Å². The molecule has 0 spiro atoms. The lowest BCUT2D eigenvalue weighted by Gasteiger charge is -2.21. The van der Waals surface area contributed by atoms with Crippen molar-refractivity contribution >= 4 is 0 Å². The van der Waals surface area contributed by atoms with Crippen LogP contribution in [0.5, 0.6) is 11.5 Å². The van der Waals surface area contributed by atoms with Gasteiger partial charge in [0.1, 0.15) is 13.2 Å². The first-order valence-corrected chi connectivity index (χ1v) is 5.70. The molecule has 1 aromatic carbocycles. The van der Waals surface area contributed by atoms with E-state index in [0.717, 1.165) is 43.1 Å². The lowest BCUT2D eigenvalue weighted by atomic mass is 10.1. The highest BCUT2D eigenvalue weighted by Gasteiger charge is 2.14. The number of hydrogen-bond acceptors (Lipinski definition) is 4. The second kappa shape index (κ2) is 5.72. The zero-order valence-corrected chi connectivity index (χ0v) is 9.37. The summed E-state index contributed by atoms with van der Waals surface area (Å²) in [5, 5.41) is 3.34. The molecule has 88 valence electrons. The van der Waals surface area contributed by atoms with Gasteiger partial charge in [-0.25, -0.2) is 0 Å². The molecule has 1 aromatic rings. The molecule has 1 aliphatic heterocycles. The van der Waals surface area contributed by atoms with E-state index in [0.29, 0.717) is 13.2 Å². The number of nitrogens with one attached hydrogen (secondary N) is 1. The largest absolute Gasteiger partial charge is 0.486 e. The quantitative estimate of drug-likeness (QED) is 0.727. The molecule has 1 heterocycles. The SMILES string of the molecule is NCCCNCc1cccc2c1OCCO2. The van der Waals surface area contributed by atoms with Crippen molar-refractivity contribution in [3.05, 3.63) is 23.8 Å². The van der Waals surface area contributed by atoms with E-state index < -0.39 is 0 Å². The Morgan fingerprint density at radius 1 is 1.25 bits per heavy atom. The van der Waals surface area contributed by atoms with Crippen LogP contribution in [0.3, 0.4) is 0 Å². The lowest BCUT2D eigenvalue weighted by Crippen LogP contribution is -2.20. The van der Waals surface area contributed by atoms with Crippen LogP contribution in [0.1, 0.15) is 12.0 Å². The van der Waals surface area contributed by atoms with Gasteiger partial charge < -0.3 is 20.5 Å². The van der Waals surface area contributed by atoms with Crippen LogP contribution in [0.2, 0.25) is 0 Å². The first-order valence-electron chi connectivity index (χ1n) is 5.70. The first-order chi connectivity index (χ1) is 7.92. The Kier molecular flexibility index (Phi) is 4.02. The lowest BCUT2D eigenvalue weighted by molar-refractivity contribution is 0.169. The van der Waals surface area contributed by atoms with Crippen LogP contribution >= 0.6 is 0 Å². The topological polar surface area (TPSA) is 56.5 Å². The van der Waals surface area contributed by atoms with Crippen molar-refractivity contribution in [2.24, 2.45) is 5.73 Å². The standard InChI is InChI=1S/C12H18N2O2/c13-5-2-6-14-9-10-3-1-4-11-12(10)16-8-7-15-11/h1,3-4,14H,2,5-9,13H2. The molecule has 0 aromatic heterocycles. The van der Waals surface area contributed by atoms with Gasteiger partial charge in [-0.05, 0) is 25.6 Å². The summed E-state index contributed by atoms with van der Waals surface area (Å²) in [5.74, 6) is 1.73. The molecular formula is C12H18N2O2. The summed E-state index contributed by atoms with van der Waals surface area (Å²) in [5.41, 5.74) is 6.58. The van der Waals surface area contributed by atoms with Gasteiger partial charge in [-0.1, -0.05) is 12.1 Å². The summed E-state index contributed by atoms with van der Waals surface area (Å²) in [6.45, 7) is 3.72. The number of nitrogens with two attached hydrogens (primary N) is 1. The van der Waals surface area contributed by atoms with Crippen molar-refractivity contribution in [3.8, 4) is 11.5 Å². The van der Waals surface area contributed by atoms with E-state index in [-0.39, 0.29) is 0 Å². The van der Waals surface area contributed by atoms with E-state index in [1.54, 1.807) is 0 Å². The van der Waals surface area contributed by atoms with E-state index in [1.165, 1.54) is 0 Å². The number of rotatable bonds is 5. The fourth-order valence-electron chi connectivity index (χ4n) is 1.72. The average Bonchev–Trinajstić information content (AvgIpc) is 2.35. The summed E-state index contributed by atoms with van der Waals surface area (Å²) < 4.78 is 11.1. The van der Waals surface area contributed by atoms with Crippen LogP contribution in [0.25, 0.3) is 0 Å². The maximum Gasteiger partial charge on any atom is 0.165 e. The van der Waals surface area contributed by atoms with E-state index in [4.69, 9.17) is 15.2 Å². The summed E-state index contributed by atoms with van der Waals surface area (Å²) in [6.07, 6.45) is 0.992. The molecule has 0 fully saturated rings. The summed E-state index contributed by atoms with van der Waals surface area (Å²) in [6, 6.07) is 5.99. The molecule has 3 N–H and O–H groups in total. The molecule has 0 saturated carbocycles. The van der Waals surface area contributed by atoms with Crippen LogP contribution in [0, 0.1) is 0 Å². The highest BCUT2D eigenvalue weighted by molar-refractivity contribution is 5.47. The minimum atomic E-state index is 0.632. The molecule has 0 atom stereocenters. The smallest absolute Gasteiger partial charge is 0.165 e. The molecule has 1 aliphatic rings. The highest BCUT2D eigenvalue weighted by Crippen LogP contribution is 2.33. The summed E-state index contributed by atoms with van der Waals surface area (Å²) in [4.78, 5) is 0. The van der Waals surface area contributed by atoms with Gasteiger partial charge in [-0.3, -0.25) is 0 Å². The Hall–Kier alpha value is -1.26. The Balaban J connectivity index is 1.97. The van der Waals surface area contributed by atoms with Gasteiger partial charge in [0.15, 0.2) is 11.5 Å². The van der Waals surface area contributed by atoms with E-state index in [9.17, 15) is 0 Å². The van der Waals surface area contributed by atoms with Crippen molar-refractivity contribution < 1.29 is 9.47 Å². The number of benzene rings is 1. The predicted molar refractivity (Wildman–Crippen MR) is 62.8 cm³/mol. The van der Waals surface area contributed by atoms with Crippen molar-refractivity contribution in [1.82, 2.24) is 5.32 Å². The molecule has 0 amide bonds. The minimum absolute atomic E-state index is 0.632. The number of fused-ring (bicyclic) bond motifs is 1. The maximum atomic E-state index is 5.62. The van der Waals surface area contributed by atoms with Gasteiger partial charge in [0.2, 0.25) is 0 Å². The summed E-state index contributed by atoms with van der Waals surface area (Å²) in [7, 11) is 0. The second-order valence-corrected chi connectivity index (χ2v) is 3.76. The number of para-hydroxylation sites is 1. The van der Waals surface area contributed by atoms with E-state index >= 15 is 0 Å². The molecule has 0 saturated heterocycles. The zero-order chi connectivity index (χ0) is 11.2. The Morgan fingerprint density at radius 3 is 3.00 bits per heavy atom. The molecule has 0 radical (unpaired) electrons. The minimum Gasteiger partial charge on any atom is -0.486 e. The molecule has 0 aliphatic carbocycles. The van der Waals surface area contributed by atoms with Crippen molar-refractivity contribution in [1.29, 1.82) is 0 Å². The van der Waals surface area contributed by atoms with Crippen LogP contribution in [0.15, 0.2) is 18.2 Å². The first kappa shape index (κ1) is 11.2. The van der Waals surface area contributed by atoms with E-state index in [2.05, 4.69) is 11.4 Å². The Labute approximate surface area is 95.7 Å². The third kappa shape index (κ3) is 2.65.